The minimum atomic E-state index is 0.400. The van der Waals surface area contributed by atoms with Crippen LogP contribution in [0.3, 0.4) is 0 Å². The van der Waals surface area contributed by atoms with Gasteiger partial charge in [0.1, 0.15) is 11.5 Å². The van der Waals surface area contributed by atoms with Crippen LogP contribution in [-0.2, 0) is 12.8 Å². The lowest BCUT2D eigenvalue weighted by molar-refractivity contribution is 0.398. The lowest BCUT2D eigenvalue weighted by atomic mass is 9.98. The molecule has 2 unspecified atom stereocenters. The number of methoxy groups -OCH3 is 2. The maximum Gasteiger partial charge on any atom is 0.128 e. The second-order valence-corrected chi connectivity index (χ2v) is 19.3. The summed E-state index contributed by atoms with van der Waals surface area (Å²) in [6, 6.07) is 0.799. The van der Waals surface area contributed by atoms with Crippen LogP contribution in [0.2, 0.25) is 0 Å². The van der Waals surface area contributed by atoms with E-state index in [2.05, 4.69) is 52.2 Å². The third kappa shape index (κ3) is 25.9. The van der Waals surface area contributed by atoms with Gasteiger partial charge in [0.2, 0.25) is 0 Å². The van der Waals surface area contributed by atoms with Crippen molar-refractivity contribution in [2.45, 2.75) is 272 Å². The number of unbranched alkanes of at least 4 members (excludes halogenated alkanes) is 28. The monoisotopic (exact) mass is 863 g/mol. The number of pyridine rings is 2. The summed E-state index contributed by atoms with van der Waals surface area (Å²) in [5.74, 6) is 1.97. The maximum absolute atomic E-state index is 5.80. The zero-order chi connectivity index (χ0) is 44.9. The first kappa shape index (κ1) is 56.0. The normalized spacial score (nSPS) is 12.6. The summed E-state index contributed by atoms with van der Waals surface area (Å²) in [4.78, 5) is 9.83. The molecular weight excluding hydrogens is 761 g/mol. The van der Waals surface area contributed by atoms with Crippen LogP contribution in [0.15, 0.2) is 12.4 Å². The van der Waals surface area contributed by atoms with Gasteiger partial charge in [-0.1, -0.05) is 206 Å². The quantitative estimate of drug-likeness (QED) is 0.0648. The van der Waals surface area contributed by atoms with Crippen molar-refractivity contribution in [2.24, 2.45) is 0 Å². The van der Waals surface area contributed by atoms with Gasteiger partial charge in [-0.15, -0.1) is 0 Å². The van der Waals surface area contributed by atoms with E-state index in [9.17, 15) is 0 Å². The maximum atomic E-state index is 5.80. The number of aromatic nitrogens is 2. The molecule has 0 amide bonds. The Hall–Kier alpha value is -2.18. The fourth-order valence-electron chi connectivity index (χ4n) is 9.65. The molecule has 0 aromatic carbocycles. The van der Waals surface area contributed by atoms with Crippen LogP contribution >= 0.6 is 0 Å². The van der Waals surface area contributed by atoms with Crippen molar-refractivity contribution in [1.29, 1.82) is 0 Å². The number of nitrogens with one attached hydrogen (secondary N) is 2. The van der Waals surface area contributed by atoms with E-state index in [1.807, 2.05) is 12.4 Å². The number of aryl methyl sites for hydroxylation is 2. The zero-order valence-electron chi connectivity index (χ0n) is 42.5. The van der Waals surface area contributed by atoms with Crippen molar-refractivity contribution in [3.63, 3.8) is 0 Å². The van der Waals surface area contributed by atoms with Gasteiger partial charge in [-0.05, 0) is 40.5 Å². The third-order valence-electron chi connectivity index (χ3n) is 13.7. The molecule has 358 valence electrons. The van der Waals surface area contributed by atoms with Gasteiger partial charge in [0.05, 0.1) is 14.2 Å². The minimum absolute atomic E-state index is 0.400. The number of hydrogen-bond donors (Lipinski definition) is 2. The first-order valence-electron chi connectivity index (χ1n) is 26.8. The smallest absolute Gasteiger partial charge is 0.128 e. The summed E-state index contributed by atoms with van der Waals surface area (Å²) in [5.41, 5.74) is 6.93. The molecule has 2 aromatic heterocycles. The Morgan fingerprint density at radius 3 is 0.919 bits per heavy atom. The first-order chi connectivity index (χ1) is 30.4. The molecule has 2 rings (SSSR count). The highest BCUT2D eigenvalue weighted by Crippen LogP contribution is 2.27. The van der Waals surface area contributed by atoms with Gasteiger partial charge in [-0.2, -0.15) is 0 Å². The standard InChI is InChI=1S/C56H102N4O2/c1-9-11-13-15-17-19-21-23-25-27-29-31-33-35-37-39-51(43-53-49(5)55(61-7)47(3)45-59-53)57-41-42-58-52(44-54-50(6)56(62-8)48(4)46-60-54)40-38-36-34-32-30-28-26-24-22-20-18-16-14-12-10-2/h45-46,51-52,57-58H,9-44H2,1-8H3. The van der Waals surface area contributed by atoms with E-state index in [4.69, 9.17) is 19.4 Å². The molecule has 0 saturated carbocycles. The number of hydrogen-bond acceptors (Lipinski definition) is 6. The van der Waals surface area contributed by atoms with Gasteiger partial charge in [-0.3, -0.25) is 9.97 Å². The summed E-state index contributed by atoms with van der Waals surface area (Å²) in [6.07, 6.45) is 50.2. The van der Waals surface area contributed by atoms with Crippen LogP contribution in [0.4, 0.5) is 0 Å². The predicted octanol–water partition coefficient (Wildman–Crippen LogP) is 16.0. The zero-order valence-corrected chi connectivity index (χ0v) is 42.5. The van der Waals surface area contributed by atoms with Crippen LogP contribution in [0.25, 0.3) is 0 Å². The van der Waals surface area contributed by atoms with E-state index in [1.165, 1.54) is 228 Å². The second-order valence-electron chi connectivity index (χ2n) is 19.3. The van der Waals surface area contributed by atoms with Crippen molar-refractivity contribution in [2.75, 3.05) is 27.3 Å². The fourth-order valence-corrected chi connectivity index (χ4v) is 9.65. The highest BCUT2D eigenvalue weighted by atomic mass is 16.5. The molecule has 2 atom stereocenters. The Kier molecular flexibility index (Phi) is 34.4. The van der Waals surface area contributed by atoms with Gasteiger partial charge >= 0.3 is 0 Å². The van der Waals surface area contributed by atoms with Crippen molar-refractivity contribution in [1.82, 2.24) is 20.6 Å². The Morgan fingerprint density at radius 2 is 0.661 bits per heavy atom. The molecule has 0 saturated heterocycles. The van der Waals surface area contributed by atoms with Crippen molar-refractivity contribution < 1.29 is 9.47 Å². The Labute approximate surface area is 385 Å². The minimum Gasteiger partial charge on any atom is -0.496 e. The van der Waals surface area contributed by atoms with E-state index in [0.717, 1.165) is 48.6 Å². The molecular formula is C56H102N4O2. The van der Waals surface area contributed by atoms with Crippen LogP contribution in [0.5, 0.6) is 11.5 Å². The molecule has 0 aliphatic rings. The average Bonchev–Trinajstić information content (AvgIpc) is 3.26. The summed E-state index contributed by atoms with van der Waals surface area (Å²) in [6.45, 7) is 15.1. The van der Waals surface area contributed by atoms with Crippen LogP contribution in [0.1, 0.15) is 253 Å². The van der Waals surface area contributed by atoms with Gasteiger partial charge in [-0.25, -0.2) is 0 Å². The third-order valence-corrected chi connectivity index (χ3v) is 13.7. The summed E-state index contributed by atoms with van der Waals surface area (Å²) >= 11 is 0. The number of nitrogens with zero attached hydrogens (tertiary/aromatic N) is 2. The molecule has 2 heterocycles. The second kappa shape index (κ2) is 38.1. The van der Waals surface area contributed by atoms with Gasteiger partial charge in [0.25, 0.3) is 0 Å². The fraction of sp³-hybridized carbons (Fsp3) is 0.821. The molecule has 2 N–H and O–H groups in total. The Morgan fingerprint density at radius 1 is 0.403 bits per heavy atom. The van der Waals surface area contributed by atoms with Crippen molar-refractivity contribution in [3.05, 3.63) is 46.0 Å². The highest BCUT2D eigenvalue weighted by Gasteiger charge is 2.18. The molecule has 0 fully saturated rings. The lowest BCUT2D eigenvalue weighted by Gasteiger charge is -2.23. The van der Waals surface area contributed by atoms with Gasteiger partial charge < -0.3 is 20.1 Å². The largest absolute Gasteiger partial charge is 0.496 e. The molecule has 6 nitrogen and oxygen atoms in total. The topological polar surface area (TPSA) is 68.3 Å². The molecule has 0 radical (unpaired) electrons. The summed E-state index contributed by atoms with van der Waals surface area (Å²) < 4.78 is 11.6. The van der Waals surface area contributed by atoms with E-state index < -0.39 is 0 Å². The summed E-state index contributed by atoms with van der Waals surface area (Å²) in [5, 5.41) is 7.99. The summed E-state index contributed by atoms with van der Waals surface area (Å²) in [7, 11) is 3.57. The lowest BCUT2D eigenvalue weighted by Crippen LogP contribution is -2.40. The van der Waals surface area contributed by atoms with E-state index in [1.54, 1.807) is 14.2 Å². The molecule has 2 aromatic rings. The molecule has 0 bridgehead atoms. The Bertz CT molecular complexity index is 1250. The predicted molar refractivity (Wildman–Crippen MR) is 271 cm³/mol. The van der Waals surface area contributed by atoms with Crippen LogP contribution in [0, 0.1) is 27.7 Å². The highest BCUT2D eigenvalue weighted by molar-refractivity contribution is 5.42. The van der Waals surface area contributed by atoms with E-state index in [0.29, 0.717) is 12.1 Å². The van der Waals surface area contributed by atoms with E-state index in [-0.39, 0.29) is 0 Å². The molecule has 6 heteroatoms. The molecule has 0 aliphatic heterocycles. The SMILES string of the molecule is CCCCCCCCCCCCCCCCCC(Cc1ncc(C)c(OC)c1C)NCCNC(CCCCCCCCCCCCCCCCC)Cc1ncc(C)c(OC)c1C. The van der Waals surface area contributed by atoms with Gasteiger partial charge in [0.15, 0.2) is 0 Å². The molecule has 62 heavy (non-hydrogen) atoms. The number of ether oxygens (including phenoxy) is 2. The average molecular weight is 863 g/mol. The van der Waals surface area contributed by atoms with Crippen LogP contribution in [-0.4, -0.2) is 49.4 Å². The van der Waals surface area contributed by atoms with Crippen molar-refractivity contribution in [3.8, 4) is 11.5 Å². The molecule has 0 aliphatic carbocycles. The molecule has 0 spiro atoms. The van der Waals surface area contributed by atoms with Gasteiger partial charge in [0, 0.05) is 84.1 Å². The number of rotatable bonds is 43. The van der Waals surface area contributed by atoms with Crippen LogP contribution < -0.4 is 20.1 Å². The van der Waals surface area contributed by atoms with E-state index >= 15 is 0 Å². The van der Waals surface area contributed by atoms with Crippen molar-refractivity contribution >= 4 is 0 Å². The Balaban J connectivity index is 1.84. The first-order valence-corrected chi connectivity index (χ1v) is 26.8.